The Hall–Kier alpha value is -1.67. The first kappa shape index (κ1) is 9.87. The van der Waals surface area contributed by atoms with Crippen LogP contribution in [-0.2, 0) is 16.0 Å². The Morgan fingerprint density at radius 3 is 2.87 bits per heavy atom. The molecular formula is C7H10N4O4. The van der Waals surface area contributed by atoms with Crippen molar-refractivity contribution in [2.24, 2.45) is 0 Å². The Morgan fingerprint density at radius 2 is 2.33 bits per heavy atom. The van der Waals surface area contributed by atoms with Crippen LogP contribution in [0, 0.1) is 10.1 Å². The summed E-state index contributed by atoms with van der Waals surface area (Å²) in [6.07, 6.45) is 0.691. The van der Waals surface area contributed by atoms with Crippen LogP contribution in [0.4, 0.5) is 11.5 Å². The smallest absolute Gasteiger partial charge is 0.330 e. The highest BCUT2D eigenvalue weighted by Gasteiger charge is 2.22. The minimum Gasteiger partial charge on any atom is -0.378 e. The lowest BCUT2D eigenvalue weighted by Crippen LogP contribution is -2.19. The molecule has 2 rings (SSSR count). The van der Waals surface area contributed by atoms with Crippen molar-refractivity contribution in [2.45, 2.75) is 12.8 Å². The molecule has 0 aromatic carbocycles. The van der Waals surface area contributed by atoms with Crippen LogP contribution >= 0.6 is 0 Å². The largest absolute Gasteiger partial charge is 0.378 e. The predicted molar refractivity (Wildman–Crippen MR) is 49.0 cm³/mol. The predicted octanol–water partition coefficient (Wildman–Crippen LogP) is -0.254. The molecule has 0 radical (unpaired) electrons. The highest BCUT2D eigenvalue weighted by atomic mass is 16.7. The summed E-state index contributed by atoms with van der Waals surface area (Å²) >= 11 is 0. The van der Waals surface area contributed by atoms with Crippen LogP contribution in [0.1, 0.15) is 0 Å². The van der Waals surface area contributed by atoms with E-state index in [1.807, 2.05) is 0 Å². The Kier molecular flexibility index (Phi) is 2.52. The summed E-state index contributed by atoms with van der Waals surface area (Å²) in [5, 5.41) is 14.3. The molecule has 15 heavy (non-hydrogen) atoms. The average molecular weight is 214 g/mol. The third-order valence-electron chi connectivity index (χ3n) is 2.07. The highest BCUT2D eigenvalue weighted by Crippen LogP contribution is 2.20. The van der Waals surface area contributed by atoms with E-state index < -0.39 is 11.2 Å². The number of nitrogens with zero attached hydrogens (tertiary/aromatic N) is 3. The zero-order chi connectivity index (χ0) is 10.8. The summed E-state index contributed by atoms with van der Waals surface area (Å²) in [7, 11) is 0. The zero-order valence-corrected chi connectivity index (χ0v) is 7.83. The molecule has 8 nitrogen and oxygen atoms in total. The van der Waals surface area contributed by atoms with Crippen molar-refractivity contribution in [3.63, 3.8) is 0 Å². The molecule has 1 fully saturated rings. The van der Waals surface area contributed by atoms with E-state index in [1.54, 1.807) is 0 Å². The minimum absolute atomic E-state index is 0.0131. The maximum Gasteiger partial charge on any atom is 0.330 e. The summed E-state index contributed by atoms with van der Waals surface area (Å²) in [6, 6.07) is 0. The van der Waals surface area contributed by atoms with E-state index in [0.29, 0.717) is 13.2 Å². The van der Waals surface area contributed by atoms with Gasteiger partial charge < -0.3 is 15.2 Å². The molecule has 2 N–H and O–H groups in total. The first-order valence-corrected chi connectivity index (χ1v) is 4.37. The quantitative estimate of drug-likeness (QED) is 0.549. The lowest BCUT2D eigenvalue weighted by molar-refractivity contribution is -0.384. The van der Waals surface area contributed by atoms with Crippen molar-refractivity contribution in [3.8, 4) is 0 Å². The lowest BCUT2D eigenvalue weighted by atomic mass is 10.5. The van der Waals surface area contributed by atoms with Gasteiger partial charge in [0.2, 0.25) is 5.82 Å². The van der Waals surface area contributed by atoms with Gasteiger partial charge in [-0.2, -0.15) is 5.10 Å². The van der Waals surface area contributed by atoms with Crippen molar-refractivity contribution in [1.82, 2.24) is 9.78 Å². The Morgan fingerprint density at radius 1 is 1.67 bits per heavy atom. The fourth-order valence-corrected chi connectivity index (χ4v) is 1.32. The number of aromatic nitrogens is 2. The second kappa shape index (κ2) is 3.83. The van der Waals surface area contributed by atoms with Crippen LogP contribution in [0.25, 0.3) is 0 Å². The van der Waals surface area contributed by atoms with Gasteiger partial charge in [0.1, 0.15) is 6.20 Å². The molecule has 2 heterocycles. The number of hydrogen-bond donors (Lipinski definition) is 1. The van der Waals surface area contributed by atoms with Gasteiger partial charge >= 0.3 is 5.69 Å². The Bertz CT molecular complexity index is 371. The maximum atomic E-state index is 10.5. The van der Waals surface area contributed by atoms with Crippen molar-refractivity contribution in [1.29, 1.82) is 0 Å². The monoisotopic (exact) mass is 214 g/mol. The Labute approximate surface area is 84.7 Å². The molecule has 0 unspecified atom stereocenters. The van der Waals surface area contributed by atoms with E-state index in [2.05, 4.69) is 5.10 Å². The summed E-state index contributed by atoms with van der Waals surface area (Å²) in [6.45, 7) is 1.31. The van der Waals surface area contributed by atoms with Crippen molar-refractivity contribution >= 4 is 11.5 Å². The van der Waals surface area contributed by atoms with Gasteiger partial charge in [0.15, 0.2) is 6.29 Å². The highest BCUT2D eigenvalue weighted by molar-refractivity contribution is 5.51. The summed E-state index contributed by atoms with van der Waals surface area (Å²) < 4.78 is 11.6. The second-order valence-corrected chi connectivity index (χ2v) is 3.03. The SMILES string of the molecule is Nc1c([N+](=O)[O-])cnn1CC1OCCO1. The molecule has 0 spiro atoms. The molecule has 1 aromatic heterocycles. The molecule has 0 aliphatic carbocycles. The van der Waals surface area contributed by atoms with E-state index in [4.69, 9.17) is 15.2 Å². The van der Waals surface area contributed by atoms with Crippen molar-refractivity contribution in [3.05, 3.63) is 16.3 Å². The summed E-state index contributed by atoms with van der Waals surface area (Å²) in [5.41, 5.74) is 5.33. The zero-order valence-electron chi connectivity index (χ0n) is 7.83. The number of nitro groups is 1. The first-order chi connectivity index (χ1) is 7.18. The number of nitrogen functional groups attached to an aromatic ring is 1. The van der Waals surface area contributed by atoms with Crippen LogP contribution in [-0.4, -0.2) is 34.2 Å². The molecule has 1 aliphatic rings. The standard InChI is InChI=1S/C7H10N4O4/c8-7-5(11(12)13)3-9-10(7)4-6-14-1-2-15-6/h3,6H,1-2,4,8H2. The van der Waals surface area contributed by atoms with E-state index >= 15 is 0 Å². The summed E-state index contributed by atoms with van der Waals surface area (Å²) in [4.78, 5) is 9.91. The third kappa shape index (κ3) is 1.90. The topological polar surface area (TPSA) is 105 Å². The fraction of sp³-hybridized carbons (Fsp3) is 0.571. The van der Waals surface area contributed by atoms with Crippen LogP contribution < -0.4 is 5.73 Å². The number of anilines is 1. The van der Waals surface area contributed by atoms with E-state index in [-0.39, 0.29) is 18.1 Å². The van der Waals surface area contributed by atoms with Gasteiger partial charge in [0.25, 0.3) is 0 Å². The molecule has 0 atom stereocenters. The van der Waals surface area contributed by atoms with Crippen molar-refractivity contribution in [2.75, 3.05) is 18.9 Å². The van der Waals surface area contributed by atoms with Crippen molar-refractivity contribution < 1.29 is 14.4 Å². The Balaban J connectivity index is 2.11. The number of nitrogens with two attached hydrogens (primary N) is 1. The van der Waals surface area contributed by atoms with Gasteiger partial charge in [-0.25, -0.2) is 4.68 Å². The van der Waals surface area contributed by atoms with Gasteiger partial charge in [0, 0.05) is 0 Å². The van der Waals surface area contributed by atoms with Gasteiger partial charge in [-0.15, -0.1) is 0 Å². The maximum absolute atomic E-state index is 10.5. The molecule has 0 bridgehead atoms. The van der Waals surface area contributed by atoms with Crippen LogP contribution in [0.2, 0.25) is 0 Å². The first-order valence-electron chi connectivity index (χ1n) is 4.37. The van der Waals surface area contributed by atoms with Gasteiger partial charge in [0.05, 0.1) is 24.7 Å². The molecule has 82 valence electrons. The molecule has 8 heteroatoms. The number of ether oxygens (including phenoxy) is 2. The van der Waals surface area contributed by atoms with E-state index in [9.17, 15) is 10.1 Å². The second-order valence-electron chi connectivity index (χ2n) is 3.03. The van der Waals surface area contributed by atoms with Gasteiger partial charge in [-0.05, 0) is 0 Å². The van der Waals surface area contributed by atoms with Gasteiger partial charge in [-0.1, -0.05) is 0 Å². The average Bonchev–Trinajstić information content (AvgIpc) is 2.78. The normalized spacial score (nSPS) is 17.1. The van der Waals surface area contributed by atoms with E-state index in [1.165, 1.54) is 4.68 Å². The molecule has 1 aliphatic heterocycles. The molecule has 0 amide bonds. The van der Waals surface area contributed by atoms with Crippen LogP contribution in [0.5, 0.6) is 0 Å². The fourth-order valence-electron chi connectivity index (χ4n) is 1.32. The molecule has 1 saturated heterocycles. The molecule has 1 aromatic rings. The summed E-state index contributed by atoms with van der Waals surface area (Å²) in [5.74, 6) is 0.0131. The van der Waals surface area contributed by atoms with Crippen LogP contribution in [0.3, 0.4) is 0 Å². The van der Waals surface area contributed by atoms with E-state index in [0.717, 1.165) is 6.20 Å². The molecule has 0 saturated carbocycles. The van der Waals surface area contributed by atoms with Crippen LogP contribution in [0.15, 0.2) is 6.20 Å². The lowest BCUT2D eigenvalue weighted by Gasteiger charge is -2.09. The van der Waals surface area contributed by atoms with Gasteiger partial charge in [-0.3, -0.25) is 10.1 Å². The third-order valence-corrected chi connectivity index (χ3v) is 2.07. The number of rotatable bonds is 3. The molecular weight excluding hydrogens is 204 g/mol. The minimum atomic E-state index is -0.574. The number of hydrogen-bond acceptors (Lipinski definition) is 6.